The smallest absolute Gasteiger partial charge is 0.321 e. The van der Waals surface area contributed by atoms with Crippen LogP contribution in [-0.2, 0) is 4.79 Å². The van der Waals surface area contributed by atoms with E-state index in [4.69, 9.17) is 4.74 Å². The van der Waals surface area contributed by atoms with Crippen molar-refractivity contribution in [2.75, 3.05) is 13.2 Å². The molecule has 0 fully saturated rings. The fourth-order valence-electron chi connectivity index (χ4n) is 1.39. The van der Waals surface area contributed by atoms with Gasteiger partial charge in [-0.2, -0.15) is 0 Å². The van der Waals surface area contributed by atoms with Gasteiger partial charge in [-0.1, -0.05) is 6.08 Å². The van der Waals surface area contributed by atoms with Crippen molar-refractivity contribution in [3.05, 3.63) is 30.4 Å². The predicted molar refractivity (Wildman–Crippen MR) is 74.6 cm³/mol. The number of aromatic nitrogens is 2. The summed E-state index contributed by atoms with van der Waals surface area (Å²) in [5, 5.41) is 7.14. The minimum absolute atomic E-state index is 0.279. The summed E-state index contributed by atoms with van der Waals surface area (Å²) in [4.78, 5) is 31.5. The molecular formula is C12H12N4O3S. The van der Waals surface area contributed by atoms with Crippen LogP contribution in [-0.4, -0.2) is 35.1 Å². The quantitative estimate of drug-likeness (QED) is 0.804. The molecule has 0 atom stereocenters. The molecule has 0 saturated carbocycles. The normalized spacial score (nSPS) is 10.0. The average Bonchev–Trinajstić information content (AvgIpc) is 2.91. The molecule has 20 heavy (non-hydrogen) atoms. The lowest BCUT2D eigenvalue weighted by Crippen LogP contribution is -2.41. The molecular weight excluding hydrogens is 280 g/mol. The molecule has 7 nitrogen and oxygen atoms in total. The van der Waals surface area contributed by atoms with Gasteiger partial charge in [-0.05, 0) is 11.4 Å². The maximum absolute atomic E-state index is 11.5. The minimum atomic E-state index is -0.595. The largest absolute Gasteiger partial charge is 0.467 e. The van der Waals surface area contributed by atoms with Crippen molar-refractivity contribution in [3.8, 4) is 5.88 Å². The first kappa shape index (κ1) is 13.9. The van der Waals surface area contributed by atoms with Crippen LogP contribution in [0.4, 0.5) is 4.79 Å². The van der Waals surface area contributed by atoms with Crippen LogP contribution in [0.5, 0.6) is 5.88 Å². The summed E-state index contributed by atoms with van der Waals surface area (Å²) in [6.45, 7) is 3.42. The van der Waals surface area contributed by atoms with Crippen LogP contribution < -0.4 is 15.4 Å². The second-order valence-electron chi connectivity index (χ2n) is 3.65. The van der Waals surface area contributed by atoms with E-state index >= 15 is 0 Å². The van der Waals surface area contributed by atoms with Crippen molar-refractivity contribution in [2.45, 2.75) is 0 Å². The van der Waals surface area contributed by atoms with Gasteiger partial charge >= 0.3 is 6.03 Å². The van der Waals surface area contributed by atoms with Gasteiger partial charge in [0.2, 0.25) is 5.88 Å². The number of urea groups is 1. The fourth-order valence-corrected chi connectivity index (χ4v) is 2.11. The first-order valence-corrected chi connectivity index (χ1v) is 6.58. The molecule has 2 N–H and O–H groups in total. The summed E-state index contributed by atoms with van der Waals surface area (Å²) in [5.41, 5.74) is 0. The number of carbonyl (C=O) groups is 2. The summed E-state index contributed by atoms with van der Waals surface area (Å²) in [5.74, 6) is -0.244. The number of nitrogens with zero attached hydrogens (tertiary/aromatic N) is 2. The van der Waals surface area contributed by atoms with Crippen LogP contribution in [0, 0.1) is 0 Å². The zero-order valence-electron chi connectivity index (χ0n) is 10.5. The molecule has 0 radical (unpaired) electrons. The first-order chi connectivity index (χ1) is 9.70. The van der Waals surface area contributed by atoms with Crippen LogP contribution >= 0.6 is 11.3 Å². The van der Waals surface area contributed by atoms with Gasteiger partial charge in [0, 0.05) is 6.54 Å². The lowest BCUT2D eigenvalue weighted by atomic mass is 10.4. The van der Waals surface area contributed by atoms with Gasteiger partial charge in [0.05, 0.1) is 5.39 Å². The molecule has 0 bridgehead atoms. The van der Waals surface area contributed by atoms with E-state index < -0.39 is 11.9 Å². The molecule has 2 aromatic heterocycles. The van der Waals surface area contributed by atoms with Crippen molar-refractivity contribution in [1.29, 1.82) is 0 Å². The summed E-state index contributed by atoms with van der Waals surface area (Å²) in [6.07, 6.45) is 2.87. The standard InChI is InChI=1S/C12H12N4O3S/c1-2-4-13-12(18)16-9(17)6-19-10-8-3-5-20-11(8)15-7-14-10/h2-3,5,7H,1,4,6H2,(H2,13,16,17,18). The molecule has 8 heteroatoms. The zero-order valence-corrected chi connectivity index (χ0v) is 11.3. The fraction of sp³-hybridized carbons (Fsp3) is 0.167. The summed E-state index contributed by atoms with van der Waals surface area (Å²) in [6, 6.07) is 1.21. The van der Waals surface area contributed by atoms with Crippen LogP contribution in [0.15, 0.2) is 30.4 Å². The number of hydrogen-bond acceptors (Lipinski definition) is 6. The second kappa shape index (κ2) is 6.62. The monoisotopic (exact) mass is 292 g/mol. The second-order valence-corrected chi connectivity index (χ2v) is 4.55. The van der Waals surface area contributed by atoms with E-state index in [-0.39, 0.29) is 13.2 Å². The van der Waals surface area contributed by atoms with Crippen LogP contribution in [0.1, 0.15) is 0 Å². The molecule has 3 amide bonds. The average molecular weight is 292 g/mol. The van der Waals surface area contributed by atoms with Gasteiger partial charge in [0.15, 0.2) is 6.61 Å². The number of thiophene rings is 1. The van der Waals surface area contributed by atoms with Gasteiger partial charge in [-0.15, -0.1) is 17.9 Å². The highest BCUT2D eigenvalue weighted by Crippen LogP contribution is 2.25. The Morgan fingerprint density at radius 3 is 3.10 bits per heavy atom. The molecule has 0 saturated heterocycles. The van der Waals surface area contributed by atoms with Crippen molar-refractivity contribution in [1.82, 2.24) is 20.6 Å². The molecule has 0 aliphatic heterocycles. The van der Waals surface area contributed by atoms with Gasteiger partial charge in [0.1, 0.15) is 11.2 Å². The highest BCUT2D eigenvalue weighted by Gasteiger charge is 2.10. The number of fused-ring (bicyclic) bond motifs is 1. The molecule has 104 valence electrons. The van der Waals surface area contributed by atoms with Gasteiger partial charge in [-0.25, -0.2) is 14.8 Å². The summed E-state index contributed by atoms with van der Waals surface area (Å²) >= 11 is 1.45. The van der Waals surface area contributed by atoms with Crippen molar-refractivity contribution >= 4 is 33.5 Å². The molecule has 2 rings (SSSR count). The third-order valence-electron chi connectivity index (χ3n) is 2.23. The molecule has 2 heterocycles. The maximum atomic E-state index is 11.5. The zero-order chi connectivity index (χ0) is 14.4. The number of nitrogens with one attached hydrogen (secondary N) is 2. The van der Waals surface area contributed by atoms with E-state index in [9.17, 15) is 9.59 Å². The Morgan fingerprint density at radius 2 is 2.30 bits per heavy atom. The lowest BCUT2D eigenvalue weighted by Gasteiger charge is -2.06. The van der Waals surface area contributed by atoms with Crippen LogP contribution in [0.2, 0.25) is 0 Å². The summed E-state index contributed by atoms with van der Waals surface area (Å²) in [7, 11) is 0. The van der Waals surface area contributed by atoms with E-state index in [1.165, 1.54) is 23.7 Å². The Balaban J connectivity index is 1.88. The molecule has 0 aliphatic rings. The van der Waals surface area contributed by atoms with Crippen LogP contribution in [0.25, 0.3) is 10.2 Å². The van der Waals surface area contributed by atoms with Crippen molar-refractivity contribution in [2.24, 2.45) is 0 Å². The van der Waals surface area contributed by atoms with E-state index in [0.29, 0.717) is 5.88 Å². The molecule has 2 aromatic rings. The number of carbonyl (C=O) groups excluding carboxylic acids is 2. The molecule has 0 aromatic carbocycles. The maximum Gasteiger partial charge on any atom is 0.321 e. The lowest BCUT2D eigenvalue weighted by molar-refractivity contribution is -0.122. The van der Waals surface area contributed by atoms with E-state index in [0.717, 1.165) is 10.2 Å². The number of amides is 3. The third-order valence-corrected chi connectivity index (χ3v) is 3.05. The predicted octanol–water partition coefficient (Wildman–Crippen LogP) is 1.08. The Labute approximate surface area is 118 Å². The topological polar surface area (TPSA) is 93.2 Å². The number of ether oxygens (including phenoxy) is 1. The highest BCUT2D eigenvalue weighted by molar-refractivity contribution is 7.16. The van der Waals surface area contributed by atoms with Crippen molar-refractivity contribution < 1.29 is 14.3 Å². The van der Waals surface area contributed by atoms with Crippen LogP contribution in [0.3, 0.4) is 0 Å². The Hall–Kier alpha value is -2.48. The molecule has 0 spiro atoms. The Kier molecular flexibility index (Phi) is 4.61. The van der Waals surface area contributed by atoms with E-state index in [1.54, 1.807) is 0 Å². The minimum Gasteiger partial charge on any atom is -0.467 e. The van der Waals surface area contributed by atoms with Crippen molar-refractivity contribution in [3.63, 3.8) is 0 Å². The number of rotatable bonds is 5. The number of hydrogen-bond donors (Lipinski definition) is 2. The first-order valence-electron chi connectivity index (χ1n) is 5.70. The van der Waals surface area contributed by atoms with E-state index in [1.807, 2.05) is 11.4 Å². The van der Waals surface area contributed by atoms with Gasteiger partial charge < -0.3 is 10.1 Å². The highest BCUT2D eigenvalue weighted by atomic mass is 32.1. The molecule has 0 unspecified atom stereocenters. The molecule has 0 aliphatic carbocycles. The van der Waals surface area contributed by atoms with E-state index in [2.05, 4.69) is 27.2 Å². The number of imide groups is 1. The van der Waals surface area contributed by atoms with Gasteiger partial charge in [0.25, 0.3) is 5.91 Å². The third kappa shape index (κ3) is 3.51. The Bertz CT molecular complexity index is 640. The summed E-state index contributed by atoms with van der Waals surface area (Å²) < 4.78 is 5.29. The Morgan fingerprint density at radius 1 is 1.45 bits per heavy atom. The van der Waals surface area contributed by atoms with Gasteiger partial charge in [-0.3, -0.25) is 10.1 Å². The SMILES string of the molecule is C=CCNC(=O)NC(=O)COc1ncnc2sccc12.